The summed E-state index contributed by atoms with van der Waals surface area (Å²) in [5.74, 6) is 1.78. The van der Waals surface area contributed by atoms with Crippen molar-refractivity contribution < 1.29 is 9.53 Å². The number of nitrogens with one attached hydrogen (secondary N) is 1. The summed E-state index contributed by atoms with van der Waals surface area (Å²) in [6.07, 6.45) is 4.29. The highest BCUT2D eigenvalue weighted by atomic mass is 16.5. The molecule has 0 saturated carbocycles. The number of ether oxygens (including phenoxy) is 1. The number of piperidine rings is 2. The molecule has 0 aromatic rings. The third-order valence-electron chi connectivity index (χ3n) is 5.54. The molecule has 0 aliphatic carbocycles. The van der Waals surface area contributed by atoms with Crippen LogP contribution in [0.25, 0.3) is 0 Å². The first-order valence-corrected chi connectivity index (χ1v) is 9.32. The fourth-order valence-electron chi connectivity index (χ4n) is 3.66. The van der Waals surface area contributed by atoms with Gasteiger partial charge in [-0.25, -0.2) is 0 Å². The van der Waals surface area contributed by atoms with Gasteiger partial charge < -0.3 is 15.0 Å². The molecule has 138 valence electrons. The average molecular weight is 338 g/mol. The number of carbonyl (C=O) groups is 1. The zero-order valence-electron chi connectivity index (χ0n) is 15.8. The van der Waals surface area contributed by atoms with Crippen molar-refractivity contribution in [2.45, 2.75) is 45.6 Å². The number of hydrogen-bond donors (Lipinski definition) is 1. The zero-order valence-corrected chi connectivity index (χ0v) is 15.8. The van der Waals surface area contributed by atoms with Gasteiger partial charge in [-0.3, -0.25) is 14.7 Å². The molecule has 24 heavy (non-hydrogen) atoms. The van der Waals surface area contributed by atoms with Gasteiger partial charge in [0.1, 0.15) is 0 Å². The van der Waals surface area contributed by atoms with Crippen LogP contribution in [0.15, 0.2) is 4.99 Å². The molecule has 0 aromatic carbocycles. The predicted molar refractivity (Wildman–Crippen MR) is 97.1 cm³/mol. The van der Waals surface area contributed by atoms with Crippen LogP contribution in [0.3, 0.4) is 0 Å². The van der Waals surface area contributed by atoms with Crippen molar-refractivity contribution in [3.8, 4) is 0 Å². The van der Waals surface area contributed by atoms with E-state index in [1.165, 1.54) is 33.0 Å². The van der Waals surface area contributed by atoms with E-state index in [1.807, 2.05) is 7.05 Å². The summed E-state index contributed by atoms with van der Waals surface area (Å²) in [6, 6.07) is 0.516. The Morgan fingerprint density at radius 3 is 2.38 bits per heavy atom. The summed E-state index contributed by atoms with van der Waals surface area (Å²) < 4.78 is 4.86. The highest BCUT2D eigenvalue weighted by Gasteiger charge is 2.27. The number of guanidine groups is 1. The molecule has 0 bridgehead atoms. The van der Waals surface area contributed by atoms with E-state index in [-0.39, 0.29) is 11.9 Å². The van der Waals surface area contributed by atoms with Crippen molar-refractivity contribution in [2.24, 2.45) is 16.8 Å². The third-order valence-corrected chi connectivity index (χ3v) is 5.54. The molecule has 1 unspecified atom stereocenters. The van der Waals surface area contributed by atoms with Gasteiger partial charge in [0.05, 0.1) is 13.0 Å². The second-order valence-corrected chi connectivity index (χ2v) is 7.28. The van der Waals surface area contributed by atoms with Crippen LogP contribution in [-0.4, -0.2) is 74.7 Å². The number of carbonyl (C=O) groups excluding carboxylic acids is 1. The van der Waals surface area contributed by atoms with E-state index < -0.39 is 0 Å². The Balaban J connectivity index is 1.75. The number of aliphatic imine (C=N–C) groups is 1. The smallest absolute Gasteiger partial charge is 0.308 e. The first kappa shape index (κ1) is 19.0. The van der Waals surface area contributed by atoms with Gasteiger partial charge in [-0.15, -0.1) is 0 Å². The van der Waals surface area contributed by atoms with E-state index in [4.69, 9.17) is 4.74 Å². The van der Waals surface area contributed by atoms with Gasteiger partial charge in [-0.2, -0.15) is 0 Å². The van der Waals surface area contributed by atoms with Crippen LogP contribution >= 0.6 is 0 Å². The molecule has 0 aromatic heterocycles. The van der Waals surface area contributed by atoms with E-state index in [0.717, 1.165) is 44.4 Å². The molecule has 1 N–H and O–H groups in total. The molecule has 2 heterocycles. The summed E-state index contributed by atoms with van der Waals surface area (Å²) in [4.78, 5) is 20.9. The molecule has 2 rings (SSSR count). The first-order chi connectivity index (χ1) is 11.5. The Bertz CT molecular complexity index is 425. The number of likely N-dealkylation sites (tertiary alicyclic amines) is 2. The van der Waals surface area contributed by atoms with Gasteiger partial charge >= 0.3 is 5.97 Å². The maximum atomic E-state index is 11.6. The molecule has 0 spiro atoms. The van der Waals surface area contributed by atoms with E-state index in [2.05, 4.69) is 34.0 Å². The molecule has 0 amide bonds. The number of hydrogen-bond acceptors (Lipinski definition) is 4. The van der Waals surface area contributed by atoms with E-state index >= 15 is 0 Å². The number of esters is 1. The molecule has 0 radical (unpaired) electrons. The van der Waals surface area contributed by atoms with Crippen molar-refractivity contribution in [1.29, 1.82) is 0 Å². The zero-order chi connectivity index (χ0) is 17.5. The van der Waals surface area contributed by atoms with Crippen LogP contribution in [0.4, 0.5) is 0 Å². The fourth-order valence-corrected chi connectivity index (χ4v) is 3.66. The molecule has 2 fully saturated rings. The minimum atomic E-state index is -0.0782. The Labute approximate surface area is 146 Å². The minimum Gasteiger partial charge on any atom is -0.469 e. The normalized spacial score (nSPS) is 23.2. The van der Waals surface area contributed by atoms with E-state index in [0.29, 0.717) is 6.04 Å². The largest absolute Gasteiger partial charge is 0.469 e. The predicted octanol–water partition coefficient (Wildman–Crippen LogP) is 1.57. The van der Waals surface area contributed by atoms with Crippen molar-refractivity contribution in [1.82, 2.24) is 15.1 Å². The van der Waals surface area contributed by atoms with Crippen LogP contribution in [0.2, 0.25) is 0 Å². The second-order valence-electron chi connectivity index (χ2n) is 7.28. The summed E-state index contributed by atoms with van der Waals surface area (Å²) in [6.45, 7) is 9.67. The van der Waals surface area contributed by atoms with Crippen LogP contribution in [0, 0.1) is 11.8 Å². The summed E-state index contributed by atoms with van der Waals surface area (Å²) in [7, 11) is 3.31. The summed E-state index contributed by atoms with van der Waals surface area (Å²) in [5.41, 5.74) is 0. The van der Waals surface area contributed by atoms with Gasteiger partial charge in [0.2, 0.25) is 0 Å². The maximum absolute atomic E-state index is 11.6. The fraction of sp³-hybridized carbons (Fsp3) is 0.889. The Hall–Kier alpha value is -1.30. The van der Waals surface area contributed by atoms with Crippen molar-refractivity contribution in [3.05, 3.63) is 0 Å². The lowest BCUT2D eigenvalue weighted by atomic mass is 9.97. The molecule has 1 atom stereocenters. The van der Waals surface area contributed by atoms with E-state index in [9.17, 15) is 4.79 Å². The van der Waals surface area contributed by atoms with Crippen LogP contribution < -0.4 is 5.32 Å². The summed E-state index contributed by atoms with van der Waals surface area (Å²) in [5, 5.41) is 3.52. The maximum Gasteiger partial charge on any atom is 0.308 e. The SMILES string of the molecule is CN=C(NCC(C)N1CCC(C)CC1)N1CCC(C(=O)OC)CC1. The summed E-state index contributed by atoms with van der Waals surface area (Å²) >= 11 is 0. The molecule has 2 aliphatic heterocycles. The van der Waals surface area contributed by atoms with Crippen molar-refractivity contribution >= 4 is 11.9 Å². The number of methoxy groups -OCH3 is 1. The van der Waals surface area contributed by atoms with E-state index in [1.54, 1.807) is 0 Å². The lowest BCUT2D eigenvalue weighted by molar-refractivity contribution is -0.146. The molecule has 6 nitrogen and oxygen atoms in total. The lowest BCUT2D eigenvalue weighted by Gasteiger charge is -2.37. The lowest BCUT2D eigenvalue weighted by Crippen LogP contribution is -2.51. The molecular weight excluding hydrogens is 304 g/mol. The van der Waals surface area contributed by atoms with Gasteiger partial charge in [0.25, 0.3) is 0 Å². The average Bonchev–Trinajstić information content (AvgIpc) is 2.62. The minimum absolute atomic E-state index is 0.0404. The number of nitrogens with zero attached hydrogens (tertiary/aromatic N) is 3. The highest BCUT2D eigenvalue weighted by molar-refractivity contribution is 5.80. The van der Waals surface area contributed by atoms with Crippen LogP contribution in [-0.2, 0) is 9.53 Å². The quantitative estimate of drug-likeness (QED) is 0.479. The monoisotopic (exact) mass is 338 g/mol. The molecule has 6 heteroatoms. The van der Waals surface area contributed by atoms with Gasteiger partial charge in [-0.05, 0) is 51.6 Å². The Kier molecular flexibility index (Phi) is 7.34. The van der Waals surface area contributed by atoms with Crippen molar-refractivity contribution in [2.75, 3.05) is 46.9 Å². The third kappa shape index (κ3) is 5.10. The molecule has 2 saturated heterocycles. The van der Waals surface area contributed by atoms with Gasteiger partial charge in [0, 0.05) is 32.7 Å². The second kappa shape index (κ2) is 9.25. The highest BCUT2D eigenvalue weighted by Crippen LogP contribution is 2.19. The molecular formula is C18H34N4O2. The van der Waals surface area contributed by atoms with Crippen molar-refractivity contribution in [3.63, 3.8) is 0 Å². The van der Waals surface area contributed by atoms with Gasteiger partial charge in [0.15, 0.2) is 5.96 Å². The van der Waals surface area contributed by atoms with Crippen LogP contribution in [0.5, 0.6) is 0 Å². The number of rotatable bonds is 4. The topological polar surface area (TPSA) is 57.2 Å². The standard InChI is InChI=1S/C18H34N4O2/c1-14-5-9-21(10-6-14)15(2)13-20-18(19-3)22-11-7-16(8-12-22)17(23)24-4/h14-16H,5-13H2,1-4H3,(H,19,20). The van der Waals surface area contributed by atoms with Gasteiger partial charge in [-0.1, -0.05) is 6.92 Å². The first-order valence-electron chi connectivity index (χ1n) is 9.32. The van der Waals surface area contributed by atoms with Crippen LogP contribution in [0.1, 0.15) is 39.5 Å². The Morgan fingerprint density at radius 2 is 1.83 bits per heavy atom. The Morgan fingerprint density at radius 1 is 1.21 bits per heavy atom. The molecule has 2 aliphatic rings.